The summed E-state index contributed by atoms with van der Waals surface area (Å²) in [7, 11) is 0. The molecule has 0 amide bonds. The minimum atomic E-state index is -0.819. The van der Waals surface area contributed by atoms with Gasteiger partial charge in [0.1, 0.15) is 5.82 Å². The number of carboxylic acids is 1. The van der Waals surface area contributed by atoms with Gasteiger partial charge in [-0.1, -0.05) is 26.8 Å². The zero-order chi connectivity index (χ0) is 15.1. The van der Waals surface area contributed by atoms with Crippen molar-refractivity contribution in [2.75, 3.05) is 0 Å². The van der Waals surface area contributed by atoms with Gasteiger partial charge in [0.15, 0.2) is 0 Å². The molecule has 0 radical (unpaired) electrons. The number of rotatable bonds is 3. The predicted octanol–water partition coefficient (Wildman–Crippen LogP) is 3.51. The molecule has 0 saturated carbocycles. The third-order valence-corrected chi connectivity index (χ3v) is 3.59. The van der Waals surface area contributed by atoms with Crippen molar-refractivity contribution >= 4 is 17.0 Å². The summed E-state index contributed by atoms with van der Waals surface area (Å²) in [4.78, 5) is 18.9. The van der Waals surface area contributed by atoms with Gasteiger partial charge in [-0.3, -0.25) is 4.79 Å². The largest absolute Gasteiger partial charge is 0.481 e. The van der Waals surface area contributed by atoms with Crippen LogP contribution >= 0.6 is 0 Å². The quantitative estimate of drug-likeness (QED) is 0.900. The average molecular weight is 274 g/mol. The highest BCUT2D eigenvalue weighted by molar-refractivity contribution is 5.77. The van der Waals surface area contributed by atoms with Gasteiger partial charge in [0.25, 0.3) is 0 Å². The van der Waals surface area contributed by atoms with Gasteiger partial charge in [0.2, 0.25) is 0 Å². The minimum Gasteiger partial charge on any atom is -0.481 e. The molecule has 108 valence electrons. The summed E-state index contributed by atoms with van der Waals surface area (Å²) >= 11 is 0. The Balaban J connectivity index is 2.37. The zero-order valence-electron chi connectivity index (χ0n) is 12.7. The molecule has 1 aromatic heterocycles. The second kappa shape index (κ2) is 4.62. The molecule has 20 heavy (non-hydrogen) atoms. The minimum absolute atomic E-state index is 0.0831. The van der Waals surface area contributed by atoms with Gasteiger partial charge in [-0.15, -0.1) is 0 Å². The number of fused-ring (bicyclic) bond motifs is 1. The number of carbonyl (C=O) groups is 1. The Morgan fingerprint density at radius 3 is 2.45 bits per heavy atom. The van der Waals surface area contributed by atoms with E-state index in [1.54, 1.807) is 13.8 Å². The summed E-state index contributed by atoms with van der Waals surface area (Å²) in [5.74, 6) is -0.0909. The van der Waals surface area contributed by atoms with Gasteiger partial charge in [0.05, 0.1) is 16.4 Å². The molecule has 0 saturated heterocycles. The Hall–Kier alpha value is -1.84. The number of nitrogens with one attached hydrogen (secondary N) is 1. The van der Waals surface area contributed by atoms with Crippen LogP contribution in [0.3, 0.4) is 0 Å². The number of aliphatic carboxylic acids is 1. The number of hydrogen-bond donors (Lipinski definition) is 2. The fraction of sp³-hybridized carbons (Fsp3) is 0.500. The number of H-pyrrole nitrogens is 1. The van der Waals surface area contributed by atoms with Crippen LogP contribution in [-0.2, 0) is 16.6 Å². The van der Waals surface area contributed by atoms with Crippen LogP contribution in [-0.4, -0.2) is 21.0 Å². The molecule has 2 N–H and O–H groups in total. The molecule has 0 aliphatic heterocycles. The van der Waals surface area contributed by atoms with E-state index >= 15 is 0 Å². The molecule has 2 aromatic rings. The lowest BCUT2D eigenvalue weighted by atomic mass is 9.87. The van der Waals surface area contributed by atoms with Crippen LogP contribution in [0.5, 0.6) is 0 Å². The summed E-state index contributed by atoms with van der Waals surface area (Å²) < 4.78 is 0. The van der Waals surface area contributed by atoms with Gasteiger partial charge in [-0.25, -0.2) is 4.98 Å². The van der Waals surface area contributed by atoms with E-state index in [1.165, 1.54) is 5.56 Å². The number of benzene rings is 1. The Morgan fingerprint density at radius 2 is 1.90 bits per heavy atom. The van der Waals surface area contributed by atoms with Crippen molar-refractivity contribution in [2.24, 2.45) is 5.41 Å². The van der Waals surface area contributed by atoms with Crippen molar-refractivity contribution in [3.8, 4) is 0 Å². The molecule has 0 spiro atoms. The zero-order valence-corrected chi connectivity index (χ0v) is 12.7. The standard InChI is InChI=1S/C16H22N2O2/c1-15(2,3)10-6-7-11-12(8-10)18-13(17-11)9-16(4,5)14(19)20/h6-8H,9H2,1-5H3,(H,17,18)(H,19,20). The van der Waals surface area contributed by atoms with E-state index in [4.69, 9.17) is 0 Å². The lowest BCUT2D eigenvalue weighted by Gasteiger charge is -2.18. The summed E-state index contributed by atoms with van der Waals surface area (Å²) in [5.41, 5.74) is 2.35. The number of aromatic nitrogens is 2. The van der Waals surface area contributed by atoms with Crippen LogP contribution < -0.4 is 0 Å². The maximum absolute atomic E-state index is 11.2. The third kappa shape index (κ3) is 2.84. The number of aromatic amines is 1. The van der Waals surface area contributed by atoms with Crippen LogP contribution in [0, 0.1) is 5.41 Å². The highest BCUT2D eigenvalue weighted by Crippen LogP contribution is 2.27. The maximum Gasteiger partial charge on any atom is 0.309 e. The molecule has 1 heterocycles. The Morgan fingerprint density at radius 1 is 1.25 bits per heavy atom. The number of hydrogen-bond acceptors (Lipinski definition) is 2. The van der Waals surface area contributed by atoms with Crippen molar-refractivity contribution in [1.29, 1.82) is 0 Å². The first kappa shape index (κ1) is 14.6. The first-order chi connectivity index (χ1) is 9.09. The number of carboxylic acid groups (broad SMARTS) is 1. The van der Waals surface area contributed by atoms with Crippen LogP contribution in [0.25, 0.3) is 11.0 Å². The van der Waals surface area contributed by atoms with E-state index in [9.17, 15) is 9.90 Å². The van der Waals surface area contributed by atoms with Crippen LogP contribution in [0.2, 0.25) is 0 Å². The van der Waals surface area contributed by atoms with Crippen LogP contribution in [0.1, 0.15) is 46.0 Å². The van der Waals surface area contributed by atoms with Crippen LogP contribution in [0.15, 0.2) is 18.2 Å². The first-order valence-corrected chi connectivity index (χ1v) is 6.82. The third-order valence-electron chi connectivity index (χ3n) is 3.59. The molecule has 1 aromatic carbocycles. The van der Waals surface area contributed by atoms with Gasteiger partial charge >= 0.3 is 5.97 Å². The van der Waals surface area contributed by atoms with Crippen LogP contribution in [0.4, 0.5) is 0 Å². The summed E-state index contributed by atoms with van der Waals surface area (Å²) in [6, 6.07) is 6.17. The lowest BCUT2D eigenvalue weighted by molar-refractivity contribution is -0.146. The van der Waals surface area contributed by atoms with Gasteiger partial charge < -0.3 is 10.1 Å². The highest BCUT2D eigenvalue weighted by Gasteiger charge is 2.28. The lowest BCUT2D eigenvalue weighted by Crippen LogP contribution is -2.26. The summed E-state index contributed by atoms with van der Waals surface area (Å²) in [6.07, 6.45) is 0.391. The second-order valence-corrected chi connectivity index (χ2v) is 7.03. The second-order valence-electron chi connectivity index (χ2n) is 7.03. The Kier molecular flexibility index (Phi) is 3.36. The molecule has 0 atom stereocenters. The maximum atomic E-state index is 11.2. The summed E-state index contributed by atoms with van der Waals surface area (Å²) in [6.45, 7) is 9.92. The fourth-order valence-corrected chi connectivity index (χ4v) is 2.11. The fourth-order valence-electron chi connectivity index (χ4n) is 2.11. The van der Waals surface area contributed by atoms with Crippen molar-refractivity contribution in [1.82, 2.24) is 9.97 Å². The summed E-state index contributed by atoms with van der Waals surface area (Å²) in [5, 5.41) is 9.19. The van der Waals surface area contributed by atoms with Gasteiger partial charge in [-0.2, -0.15) is 0 Å². The number of imidazole rings is 1. The van der Waals surface area contributed by atoms with E-state index in [1.807, 2.05) is 6.07 Å². The van der Waals surface area contributed by atoms with Gasteiger partial charge in [0, 0.05) is 6.42 Å². The normalized spacial score (nSPS) is 12.8. The van der Waals surface area contributed by atoms with E-state index < -0.39 is 11.4 Å². The van der Waals surface area contributed by atoms with E-state index in [0.717, 1.165) is 16.9 Å². The molecule has 0 aliphatic rings. The first-order valence-electron chi connectivity index (χ1n) is 6.82. The van der Waals surface area contributed by atoms with Crippen molar-refractivity contribution in [2.45, 2.75) is 46.5 Å². The average Bonchev–Trinajstić information content (AvgIpc) is 2.67. The Labute approximate surface area is 119 Å². The molecule has 0 bridgehead atoms. The molecule has 0 aliphatic carbocycles. The number of nitrogens with zero attached hydrogens (tertiary/aromatic N) is 1. The molecule has 2 rings (SSSR count). The van der Waals surface area contributed by atoms with Gasteiger partial charge in [-0.05, 0) is 37.0 Å². The molecular weight excluding hydrogens is 252 g/mol. The topological polar surface area (TPSA) is 66.0 Å². The smallest absolute Gasteiger partial charge is 0.309 e. The van der Waals surface area contributed by atoms with Crippen molar-refractivity contribution < 1.29 is 9.90 Å². The van der Waals surface area contributed by atoms with Crippen molar-refractivity contribution in [3.63, 3.8) is 0 Å². The molecule has 0 fully saturated rings. The van der Waals surface area contributed by atoms with E-state index in [-0.39, 0.29) is 5.41 Å². The highest BCUT2D eigenvalue weighted by atomic mass is 16.4. The molecule has 0 unspecified atom stereocenters. The SMILES string of the molecule is CC(C)(Cc1nc2ccc(C(C)(C)C)cc2[nH]1)C(=O)O. The molecule has 4 nitrogen and oxygen atoms in total. The van der Waals surface area contributed by atoms with E-state index in [2.05, 4.69) is 42.9 Å². The Bertz CT molecular complexity index is 648. The monoisotopic (exact) mass is 274 g/mol. The van der Waals surface area contributed by atoms with Crippen molar-refractivity contribution in [3.05, 3.63) is 29.6 Å². The molecular formula is C16H22N2O2. The predicted molar refractivity (Wildman–Crippen MR) is 79.9 cm³/mol. The molecule has 4 heteroatoms. The van der Waals surface area contributed by atoms with E-state index in [0.29, 0.717) is 6.42 Å².